The number of hydrogen-bond acceptors (Lipinski definition) is 5. The fourth-order valence-corrected chi connectivity index (χ4v) is 3.03. The monoisotopic (exact) mass is 339 g/mol. The maximum atomic E-state index is 12.3. The number of benzene rings is 1. The molecule has 1 aromatic carbocycles. The summed E-state index contributed by atoms with van der Waals surface area (Å²) in [7, 11) is 0. The SMILES string of the molecule is Cc1csc(NC(=O)C2=CC=CN(CC(=O)c3ccccc3)C2)n1. The van der Waals surface area contributed by atoms with Gasteiger partial charge in [0.15, 0.2) is 10.9 Å². The van der Waals surface area contributed by atoms with Crippen molar-refractivity contribution in [2.45, 2.75) is 6.92 Å². The van der Waals surface area contributed by atoms with E-state index in [2.05, 4.69) is 10.3 Å². The Balaban J connectivity index is 1.60. The molecule has 0 spiro atoms. The highest BCUT2D eigenvalue weighted by atomic mass is 32.1. The van der Waals surface area contributed by atoms with Gasteiger partial charge in [0.25, 0.3) is 5.91 Å². The Morgan fingerprint density at radius 2 is 2.08 bits per heavy atom. The Hall–Kier alpha value is -2.73. The fourth-order valence-electron chi connectivity index (χ4n) is 2.35. The van der Waals surface area contributed by atoms with Gasteiger partial charge < -0.3 is 4.90 Å². The zero-order valence-electron chi connectivity index (χ0n) is 13.2. The van der Waals surface area contributed by atoms with Crippen molar-refractivity contribution < 1.29 is 9.59 Å². The average molecular weight is 339 g/mol. The Morgan fingerprint density at radius 3 is 2.79 bits per heavy atom. The van der Waals surface area contributed by atoms with Crippen LogP contribution >= 0.6 is 11.3 Å². The van der Waals surface area contributed by atoms with Crippen LogP contribution < -0.4 is 5.32 Å². The molecule has 0 saturated carbocycles. The van der Waals surface area contributed by atoms with E-state index in [0.717, 1.165) is 5.69 Å². The van der Waals surface area contributed by atoms with Crippen LogP contribution in [0.4, 0.5) is 5.13 Å². The molecule has 122 valence electrons. The molecule has 0 atom stereocenters. The van der Waals surface area contributed by atoms with Crippen molar-refractivity contribution in [2.75, 3.05) is 18.4 Å². The number of rotatable bonds is 5. The third kappa shape index (κ3) is 3.97. The smallest absolute Gasteiger partial charge is 0.255 e. The van der Waals surface area contributed by atoms with Crippen LogP contribution in [0.1, 0.15) is 16.1 Å². The van der Waals surface area contributed by atoms with Gasteiger partial charge in [-0.1, -0.05) is 36.4 Å². The van der Waals surface area contributed by atoms with E-state index >= 15 is 0 Å². The van der Waals surface area contributed by atoms with Crippen molar-refractivity contribution in [1.82, 2.24) is 9.88 Å². The molecule has 0 saturated heterocycles. The molecule has 1 aliphatic heterocycles. The number of nitrogens with zero attached hydrogens (tertiary/aromatic N) is 2. The second-order valence-electron chi connectivity index (χ2n) is 5.48. The second kappa shape index (κ2) is 7.23. The zero-order chi connectivity index (χ0) is 16.9. The number of Topliss-reactive ketones (excluding diaryl/α,β-unsaturated/α-hetero) is 1. The highest BCUT2D eigenvalue weighted by molar-refractivity contribution is 7.13. The van der Waals surface area contributed by atoms with Crippen molar-refractivity contribution >= 4 is 28.2 Å². The van der Waals surface area contributed by atoms with Gasteiger partial charge in [0.1, 0.15) is 0 Å². The number of ketones is 1. The quantitative estimate of drug-likeness (QED) is 0.851. The minimum absolute atomic E-state index is 0.0254. The minimum Gasteiger partial charge on any atom is -0.365 e. The summed E-state index contributed by atoms with van der Waals surface area (Å²) in [5.74, 6) is -0.164. The van der Waals surface area contributed by atoms with Crippen molar-refractivity contribution in [2.24, 2.45) is 0 Å². The second-order valence-corrected chi connectivity index (χ2v) is 6.33. The molecule has 24 heavy (non-hydrogen) atoms. The molecule has 3 rings (SSSR count). The van der Waals surface area contributed by atoms with E-state index in [1.165, 1.54) is 11.3 Å². The van der Waals surface area contributed by atoms with Gasteiger partial charge in [-0.2, -0.15) is 0 Å². The molecule has 2 heterocycles. The number of nitrogens with one attached hydrogen (secondary N) is 1. The van der Waals surface area contributed by atoms with Gasteiger partial charge in [-0.15, -0.1) is 11.3 Å². The van der Waals surface area contributed by atoms with Crippen LogP contribution in [0, 0.1) is 6.92 Å². The molecule has 1 aliphatic rings. The number of anilines is 1. The normalized spacial score (nSPS) is 13.5. The van der Waals surface area contributed by atoms with Crippen molar-refractivity contribution in [1.29, 1.82) is 0 Å². The Morgan fingerprint density at radius 1 is 1.29 bits per heavy atom. The van der Waals surface area contributed by atoms with Crippen LogP contribution in [-0.2, 0) is 4.79 Å². The highest BCUT2D eigenvalue weighted by Gasteiger charge is 2.18. The van der Waals surface area contributed by atoms with E-state index in [4.69, 9.17) is 0 Å². The van der Waals surface area contributed by atoms with Crippen molar-refractivity contribution in [3.63, 3.8) is 0 Å². The van der Waals surface area contributed by atoms with Crippen LogP contribution in [-0.4, -0.2) is 34.7 Å². The molecule has 1 N–H and O–H groups in total. The van der Waals surface area contributed by atoms with Crippen molar-refractivity contribution in [3.05, 3.63) is 70.9 Å². The maximum absolute atomic E-state index is 12.3. The molecular weight excluding hydrogens is 322 g/mol. The largest absolute Gasteiger partial charge is 0.365 e. The summed E-state index contributed by atoms with van der Waals surface area (Å²) in [6.07, 6.45) is 5.37. The molecule has 0 fully saturated rings. The first-order valence-electron chi connectivity index (χ1n) is 7.55. The van der Waals surface area contributed by atoms with Gasteiger partial charge in [-0.25, -0.2) is 4.98 Å². The number of allylic oxidation sites excluding steroid dienone is 2. The first-order chi connectivity index (χ1) is 11.6. The highest BCUT2D eigenvalue weighted by Crippen LogP contribution is 2.17. The minimum atomic E-state index is -0.189. The van der Waals surface area contributed by atoms with E-state index in [9.17, 15) is 9.59 Å². The molecule has 1 aromatic heterocycles. The molecule has 0 radical (unpaired) electrons. The average Bonchev–Trinajstić information content (AvgIpc) is 3.00. The van der Waals surface area contributed by atoms with Gasteiger partial charge in [-0.05, 0) is 19.2 Å². The van der Waals surface area contributed by atoms with E-state index in [-0.39, 0.29) is 18.2 Å². The van der Waals surface area contributed by atoms with Crippen molar-refractivity contribution in [3.8, 4) is 0 Å². The maximum Gasteiger partial charge on any atom is 0.255 e. The number of carbonyl (C=O) groups excluding carboxylic acids is 2. The third-order valence-electron chi connectivity index (χ3n) is 3.54. The predicted molar refractivity (Wildman–Crippen MR) is 95.0 cm³/mol. The summed E-state index contributed by atoms with van der Waals surface area (Å²) < 4.78 is 0. The van der Waals surface area contributed by atoms with Gasteiger partial charge in [0.05, 0.1) is 12.2 Å². The van der Waals surface area contributed by atoms with Gasteiger partial charge >= 0.3 is 0 Å². The molecule has 5 nitrogen and oxygen atoms in total. The van der Waals surface area contributed by atoms with E-state index in [1.807, 2.05) is 41.6 Å². The van der Waals surface area contributed by atoms with E-state index < -0.39 is 0 Å². The Bertz CT molecular complexity index is 809. The number of thiazole rings is 1. The fraction of sp³-hybridized carbons (Fsp3) is 0.167. The van der Waals surface area contributed by atoms with Crippen LogP contribution in [0.15, 0.2) is 59.6 Å². The molecule has 1 amide bonds. The zero-order valence-corrected chi connectivity index (χ0v) is 14.0. The lowest BCUT2D eigenvalue weighted by Crippen LogP contribution is -2.32. The van der Waals surface area contributed by atoms with Gasteiger partial charge in [0, 0.05) is 23.1 Å². The summed E-state index contributed by atoms with van der Waals surface area (Å²) in [5, 5.41) is 5.26. The standard InChI is InChI=1S/C18H17N3O2S/c1-13-12-24-18(19-13)20-17(23)15-8-5-9-21(10-15)11-16(22)14-6-3-2-4-7-14/h2-9,12H,10-11H2,1H3,(H,19,20,23). The summed E-state index contributed by atoms with van der Waals surface area (Å²) >= 11 is 1.39. The summed E-state index contributed by atoms with van der Waals surface area (Å²) in [5.41, 5.74) is 2.15. The number of aromatic nitrogens is 1. The van der Waals surface area contributed by atoms with Crippen LogP contribution in [0.25, 0.3) is 0 Å². The molecule has 0 bridgehead atoms. The van der Waals surface area contributed by atoms with Crippen LogP contribution in [0.2, 0.25) is 0 Å². The Labute approximate surface area is 144 Å². The van der Waals surface area contributed by atoms with E-state index in [1.54, 1.807) is 24.3 Å². The Kier molecular flexibility index (Phi) is 4.86. The molecule has 6 heteroatoms. The number of hydrogen-bond donors (Lipinski definition) is 1. The van der Waals surface area contributed by atoms with Crippen LogP contribution in [0.5, 0.6) is 0 Å². The molecule has 0 aliphatic carbocycles. The lowest BCUT2D eigenvalue weighted by Gasteiger charge is -2.23. The van der Waals surface area contributed by atoms with Gasteiger partial charge in [-0.3, -0.25) is 14.9 Å². The summed E-state index contributed by atoms with van der Waals surface area (Å²) in [4.78, 5) is 30.7. The first-order valence-corrected chi connectivity index (χ1v) is 8.43. The predicted octanol–water partition coefficient (Wildman–Crippen LogP) is 3.03. The molecule has 2 aromatic rings. The molecule has 0 unspecified atom stereocenters. The lowest BCUT2D eigenvalue weighted by molar-refractivity contribution is -0.113. The summed E-state index contributed by atoms with van der Waals surface area (Å²) in [6.45, 7) is 2.51. The van der Waals surface area contributed by atoms with E-state index in [0.29, 0.717) is 22.8 Å². The van der Waals surface area contributed by atoms with Crippen LogP contribution in [0.3, 0.4) is 0 Å². The number of carbonyl (C=O) groups is 2. The topological polar surface area (TPSA) is 62.3 Å². The first kappa shape index (κ1) is 16.1. The third-order valence-corrected chi connectivity index (χ3v) is 4.42. The number of amides is 1. The lowest BCUT2D eigenvalue weighted by atomic mass is 10.1. The number of aryl methyl sites for hydroxylation is 1. The molecular formula is C18H17N3O2S. The van der Waals surface area contributed by atoms with Gasteiger partial charge in [0.2, 0.25) is 0 Å². The summed E-state index contributed by atoms with van der Waals surface area (Å²) in [6, 6.07) is 9.15.